The van der Waals surface area contributed by atoms with Crippen LogP contribution in [0.3, 0.4) is 0 Å². The Morgan fingerprint density at radius 2 is 2.10 bits per heavy atom. The molecule has 0 aromatic carbocycles. The van der Waals surface area contributed by atoms with Crippen LogP contribution in [-0.4, -0.2) is 53.9 Å². The highest BCUT2D eigenvalue weighted by Crippen LogP contribution is 2.29. The van der Waals surface area contributed by atoms with Crippen molar-refractivity contribution in [2.24, 2.45) is 11.8 Å². The van der Waals surface area contributed by atoms with Gasteiger partial charge >= 0.3 is 0 Å². The smallest absolute Gasteiger partial charge is 0.229 e. The highest BCUT2D eigenvalue weighted by molar-refractivity contribution is 6.33. The van der Waals surface area contributed by atoms with Gasteiger partial charge in [-0.1, -0.05) is 11.6 Å². The third-order valence-corrected chi connectivity index (χ3v) is 5.71. The first-order valence-corrected chi connectivity index (χ1v) is 10.4. The van der Waals surface area contributed by atoms with E-state index in [0.29, 0.717) is 34.6 Å². The quantitative estimate of drug-likeness (QED) is 0.665. The number of halogens is 1. The molecule has 2 aliphatic rings. The predicted molar refractivity (Wildman–Crippen MR) is 112 cm³/mol. The highest BCUT2D eigenvalue weighted by atomic mass is 35.5. The van der Waals surface area contributed by atoms with Gasteiger partial charge in [-0.3, -0.25) is 4.79 Å². The average molecular weight is 417 g/mol. The summed E-state index contributed by atoms with van der Waals surface area (Å²) in [5.74, 6) is 0.989. The van der Waals surface area contributed by atoms with Gasteiger partial charge in [-0.15, -0.1) is 0 Å². The summed E-state index contributed by atoms with van der Waals surface area (Å²) in [6.45, 7) is 4.07. The van der Waals surface area contributed by atoms with Crippen LogP contribution in [0.25, 0.3) is 11.3 Å². The van der Waals surface area contributed by atoms with Crippen molar-refractivity contribution in [1.82, 2.24) is 20.5 Å². The molecule has 29 heavy (non-hydrogen) atoms. The molecule has 0 spiro atoms. The molecule has 9 heteroatoms. The van der Waals surface area contributed by atoms with Gasteiger partial charge in [0.05, 0.1) is 28.5 Å². The van der Waals surface area contributed by atoms with Crippen molar-refractivity contribution in [3.05, 3.63) is 29.5 Å². The topological polar surface area (TPSA) is 101 Å². The molecule has 2 aromatic rings. The van der Waals surface area contributed by atoms with E-state index in [4.69, 9.17) is 16.3 Å². The van der Waals surface area contributed by atoms with Crippen molar-refractivity contribution in [2.45, 2.75) is 19.3 Å². The number of carbonyl (C=O) groups excluding carboxylic acids is 1. The Morgan fingerprint density at radius 3 is 2.90 bits per heavy atom. The fourth-order valence-electron chi connectivity index (χ4n) is 3.62. The summed E-state index contributed by atoms with van der Waals surface area (Å²) in [5, 5.41) is 18.3. The highest BCUT2D eigenvalue weighted by Gasteiger charge is 2.23. The largest absolute Gasteiger partial charge is 0.383 e. The number of nitrogens with one attached hydrogen (secondary N) is 3. The summed E-state index contributed by atoms with van der Waals surface area (Å²) in [6.07, 6.45) is 6.19. The van der Waals surface area contributed by atoms with Crippen LogP contribution in [0.1, 0.15) is 19.3 Å². The van der Waals surface area contributed by atoms with Gasteiger partial charge in [-0.2, -0.15) is 10.2 Å². The first-order valence-electron chi connectivity index (χ1n) is 10.0. The van der Waals surface area contributed by atoms with Gasteiger partial charge in [0.15, 0.2) is 0 Å². The van der Waals surface area contributed by atoms with Crippen LogP contribution < -0.4 is 16.0 Å². The Morgan fingerprint density at radius 1 is 1.24 bits per heavy atom. The maximum atomic E-state index is 12.4. The van der Waals surface area contributed by atoms with Crippen LogP contribution in [-0.2, 0) is 9.53 Å². The number of pyridine rings is 1. The van der Waals surface area contributed by atoms with Crippen LogP contribution in [0.15, 0.2) is 24.5 Å². The van der Waals surface area contributed by atoms with Crippen molar-refractivity contribution >= 4 is 29.0 Å². The maximum absolute atomic E-state index is 12.4. The summed E-state index contributed by atoms with van der Waals surface area (Å²) in [7, 11) is 0. The Hall–Kier alpha value is -2.29. The Labute approximate surface area is 174 Å². The summed E-state index contributed by atoms with van der Waals surface area (Å²) < 4.78 is 5.41. The van der Waals surface area contributed by atoms with Crippen molar-refractivity contribution in [1.29, 1.82) is 0 Å². The second-order valence-electron chi connectivity index (χ2n) is 7.49. The molecule has 2 fully saturated rings. The van der Waals surface area contributed by atoms with E-state index in [1.54, 1.807) is 12.3 Å². The molecular weight excluding hydrogens is 392 g/mol. The summed E-state index contributed by atoms with van der Waals surface area (Å²) in [5.41, 5.74) is 2.20. The normalized spacial score (nSPS) is 19.8. The molecule has 3 N–H and O–H groups in total. The summed E-state index contributed by atoms with van der Waals surface area (Å²) >= 11 is 6.36. The first kappa shape index (κ1) is 20.0. The second-order valence-corrected chi connectivity index (χ2v) is 7.90. The Bertz CT molecular complexity index is 853. The fourth-order valence-corrected chi connectivity index (χ4v) is 3.82. The molecule has 1 unspecified atom stereocenters. The third kappa shape index (κ3) is 5.20. The number of hydrogen-bond acceptors (Lipinski definition) is 7. The van der Waals surface area contributed by atoms with Gasteiger partial charge in [0.2, 0.25) is 5.91 Å². The van der Waals surface area contributed by atoms with E-state index < -0.39 is 0 Å². The van der Waals surface area contributed by atoms with E-state index in [2.05, 4.69) is 31.1 Å². The monoisotopic (exact) mass is 416 g/mol. The lowest BCUT2D eigenvalue weighted by Gasteiger charge is -2.22. The van der Waals surface area contributed by atoms with Crippen molar-refractivity contribution in [3.63, 3.8) is 0 Å². The zero-order valence-corrected chi connectivity index (χ0v) is 16.9. The lowest BCUT2D eigenvalue weighted by Crippen LogP contribution is -2.25. The zero-order valence-electron chi connectivity index (χ0n) is 16.2. The van der Waals surface area contributed by atoms with Gasteiger partial charge < -0.3 is 20.7 Å². The minimum absolute atomic E-state index is 0.0336. The zero-order chi connectivity index (χ0) is 20.1. The van der Waals surface area contributed by atoms with E-state index in [1.807, 2.05) is 6.07 Å². The maximum Gasteiger partial charge on any atom is 0.229 e. The molecule has 1 atom stereocenters. The van der Waals surface area contributed by atoms with Gasteiger partial charge in [0.1, 0.15) is 5.82 Å². The van der Waals surface area contributed by atoms with Gasteiger partial charge in [0, 0.05) is 38.1 Å². The number of rotatable bonds is 6. The number of carbonyl (C=O) groups is 1. The van der Waals surface area contributed by atoms with Gasteiger partial charge in [0.25, 0.3) is 0 Å². The number of amides is 1. The number of nitrogens with zero attached hydrogens (tertiary/aromatic N) is 3. The number of aromatic nitrogens is 3. The van der Waals surface area contributed by atoms with Crippen LogP contribution in [0, 0.1) is 11.8 Å². The Kier molecular flexibility index (Phi) is 6.53. The molecule has 154 valence electrons. The lowest BCUT2D eigenvalue weighted by molar-refractivity contribution is -0.119. The molecule has 0 radical (unpaired) electrons. The molecule has 8 nitrogen and oxygen atoms in total. The molecule has 0 aliphatic carbocycles. The number of ether oxygens (including phenoxy) is 1. The number of hydrogen-bond donors (Lipinski definition) is 3. The molecule has 0 saturated carbocycles. The minimum atomic E-state index is -0.0339. The SMILES string of the molecule is O=C(Nc1cc(-c2cc(NCC3CCOCC3)cnn2)c(Cl)cn1)C1CCNC1. The van der Waals surface area contributed by atoms with E-state index in [0.717, 1.165) is 51.3 Å². The predicted octanol–water partition coefficient (Wildman–Crippen LogP) is 2.58. The average Bonchev–Trinajstić information content (AvgIpc) is 3.30. The fraction of sp³-hybridized carbons (Fsp3) is 0.500. The van der Waals surface area contributed by atoms with E-state index in [1.165, 1.54) is 6.20 Å². The van der Waals surface area contributed by atoms with Gasteiger partial charge in [-0.05, 0) is 43.9 Å². The molecule has 4 heterocycles. The van der Waals surface area contributed by atoms with Crippen LogP contribution in [0.4, 0.5) is 11.5 Å². The lowest BCUT2D eigenvalue weighted by atomic mass is 10.0. The molecule has 2 aliphatic heterocycles. The molecule has 4 rings (SSSR count). The van der Waals surface area contributed by atoms with Crippen molar-refractivity contribution in [2.75, 3.05) is 43.5 Å². The van der Waals surface area contributed by atoms with E-state index >= 15 is 0 Å². The minimum Gasteiger partial charge on any atom is -0.383 e. The third-order valence-electron chi connectivity index (χ3n) is 5.40. The van der Waals surface area contributed by atoms with Gasteiger partial charge in [-0.25, -0.2) is 4.98 Å². The van der Waals surface area contributed by atoms with Crippen LogP contribution >= 0.6 is 11.6 Å². The summed E-state index contributed by atoms with van der Waals surface area (Å²) in [4.78, 5) is 16.6. The molecule has 0 bridgehead atoms. The second kappa shape index (κ2) is 9.47. The van der Waals surface area contributed by atoms with Crippen molar-refractivity contribution < 1.29 is 9.53 Å². The molecule has 2 aromatic heterocycles. The van der Waals surface area contributed by atoms with E-state index in [-0.39, 0.29) is 11.8 Å². The number of anilines is 2. The first-order chi connectivity index (χ1) is 14.2. The van der Waals surface area contributed by atoms with Crippen LogP contribution in [0.5, 0.6) is 0 Å². The standard InChI is InChI=1S/C20H25ClN6O2/c21-17-12-24-19(26-20(28)14-1-4-22-10-14)8-16(17)18-7-15(11-25-27-18)23-9-13-2-5-29-6-3-13/h7-8,11-14,22H,1-6,9-10H2,(H,23,27)(H,24,26,28). The molecule has 1 amide bonds. The Balaban J connectivity index is 1.46. The molecular formula is C20H25ClN6O2. The molecule has 2 saturated heterocycles. The van der Waals surface area contributed by atoms with Crippen molar-refractivity contribution in [3.8, 4) is 11.3 Å². The summed E-state index contributed by atoms with van der Waals surface area (Å²) in [6, 6.07) is 3.66. The van der Waals surface area contributed by atoms with Crippen LogP contribution in [0.2, 0.25) is 5.02 Å². The van der Waals surface area contributed by atoms with E-state index in [9.17, 15) is 4.79 Å².